The third-order valence-electron chi connectivity index (χ3n) is 3.11. The van der Waals surface area contributed by atoms with Gasteiger partial charge in [0.15, 0.2) is 0 Å². The first-order valence-electron chi connectivity index (χ1n) is 5.78. The maximum Gasteiger partial charge on any atom is 0.342 e. The van der Waals surface area contributed by atoms with E-state index in [1.165, 1.54) is 0 Å². The molecule has 1 aromatic heterocycles. The lowest BCUT2D eigenvalue weighted by atomic mass is 9.86. The molecule has 1 aliphatic carbocycles. The fourth-order valence-corrected chi connectivity index (χ4v) is 2.12. The summed E-state index contributed by atoms with van der Waals surface area (Å²) in [7, 11) is 0. The van der Waals surface area contributed by atoms with Gasteiger partial charge < -0.3 is 10.4 Å². The molecule has 0 saturated heterocycles. The van der Waals surface area contributed by atoms with Gasteiger partial charge in [-0.25, -0.2) is 9.89 Å². The predicted molar refractivity (Wildman–Crippen MR) is 61.9 cm³/mol. The van der Waals surface area contributed by atoms with Crippen LogP contribution in [0, 0.1) is 5.92 Å². The van der Waals surface area contributed by atoms with E-state index in [9.17, 15) is 14.7 Å². The third-order valence-corrected chi connectivity index (χ3v) is 3.11. The first-order chi connectivity index (χ1) is 8.16. The van der Waals surface area contributed by atoms with E-state index in [2.05, 4.69) is 20.5 Å². The number of aliphatic hydroxyl groups is 1. The molecule has 0 amide bonds. The summed E-state index contributed by atoms with van der Waals surface area (Å²) >= 11 is 0. The molecule has 1 heterocycles. The van der Waals surface area contributed by atoms with Gasteiger partial charge in [0.2, 0.25) is 5.82 Å². The van der Waals surface area contributed by atoms with E-state index in [4.69, 9.17) is 0 Å². The number of hydrogen-bond acceptors (Lipinski definition) is 5. The number of nitrogens with zero attached hydrogens (tertiary/aromatic N) is 1. The zero-order valence-corrected chi connectivity index (χ0v) is 9.40. The fraction of sp³-hybridized carbons (Fsp3) is 0.700. The highest BCUT2D eigenvalue weighted by Gasteiger charge is 2.22. The summed E-state index contributed by atoms with van der Waals surface area (Å²) in [5, 5.41) is 18.4. The van der Waals surface area contributed by atoms with Crippen molar-refractivity contribution in [3.05, 3.63) is 20.8 Å². The highest BCUT2D eigenvalue weighted by molar-refractivity contribution is 5.28. The second kappa shape index (κ2) is 5.13. The van der Waals surface area contributed by atoms with Gasteiger partial charge in [-0.05, 0) is 12.8 Å². The SMILES string of the molecule is O=c1[nH]nc(NCC2CCCCC2O)c(=O)[nH]1. The predicted octanol–water partition coefficient (Wildman–Crippen LogP) is -0.579. The first kappa shape index (κ1) is 11.8. The van der Waals surface area contributed by atoms with E-state index >= 15 is 0 Å². The van der Waals surface area contributed by atoms with Crippen molar-refractivity contribution < 1.29 is 5.11 Å². The van der Waals surface area contributed by atoms with Crippen LogP contribution in [0.2, 0.25) is 0 Å². The molecule has 1 fully saturated rings. The van der Waals surface area contributed by atoms with Crippen LogP contribution in [-0.4, -0.2) is 32.9 Å². The van der Waals surface area contributed by atoms with Crippen molar-refractivity contribution in [2.45, 2.75) is 31.8 Å². The average Bonchev–Trinajstić information content (AvgIpc) is 2.30. The van der Waals surface area contributed by atoms with E-state index in [-0.39, 0.29) is 17.8 Å². The number of aromatic nitrogens is 3. The van der Waals surface area contributed by atoms with Crippen molar-refractivity contribution in [1.82, 2.24) is 15.2 Å². The molecule has 94 valence electrons. The lowest BCUT2D eigenvalue weighted by Crippen LogP contribution is -2.33. The number of aliphatic hydroxyl groups excluding tert-OH is 1. The molecular weight excluding hydrogens is 224 g/mol. The summed E-state index contributed by atoms with van der Waals surface area (Å²) < 4.78 is 0. The third kappa shape index (κ3) is 2.94. The second-order valence-corrected chi connectivity index (χ2v) is 4.35. The summed E-state index contributed by atoms with van der Waals surface area (Å²) in [6, 6.07) is 0. The van der Waals surface area contributed by atoms with Crippen LogP contribution in [0.3, 0.4) is 0 Å². The van der Waals surface area contributed by atoms with Gasteiger partial charge in [-0.3, -0.25) is 9.78 Å². The number of H-pyrrole nitrogens is 2. The van der Waals surface area contributed by atoms with Crippen molar-refractivity contribution in [2.24, 2.45) is 5.92 Å². The van der Waals surface area contributed by atoms with Crippen LogP contribution in [0.15, 0.2) is 9.59 Å². The van der Waals surface area contributed by atoms with Crippen LogP contribution in [0.5, 0.6) is 0 Å². The van der Waals surface area contributed by atoms with Crippen molar-refractivity contribution in [2.75, 3.05) is 11.9 Å². The van der Waals surface area contributed by atoms with Gasteiger partial charge in [-0.1, -0.05) is 12.8 Å². The van der Waals surface area contributed by atoms with Gasteiger partial charge in [0.25, 0.3) is 5.56 Å². The Bertz CT molecular complexity index is 481. The molecule has 1 aromatic rings. The van der Waals surface area contributed by atoms with E-state index < -0.39 is 11.2 Å². The Hall–Kier alpha value is -1.63. The molecule has 0 aromatic carbocycles. The van der Waals surface area contributed by atoms with Gasteiger partial charge in [0.05, 0.1) is 6.10 Å². The average molecular weight is 240 g/mol. The van der Waals surface area contributed by atoms with Crippen LogP contribution in [0.25, 0.3) is 0 Å². The molecular formula is C10H16N4O3. The summed E-state index contributed by atoms with van der Waals surface area (Å²) in [5.41, 5.74) is -1.17. The first-order valence-corrected chi connectivity index (χ1v) is 5.78. The van der Waals surface area contributed by atoms with Crippen molar-refractivity contribution >= 4 is 5.82 Å². The largest absolute Gasteiger partial charge is 0.393 e. The van der Waals surface area contributed by atoms with Crippen LogP contribution < -0.4 is 16.6 Å². The molecule has 7 nitrogen and oxygen atoms in total. The number of aromatic amines is 2. The summed E-state index contributed by atoms with van der Waals surface area (Å²) in [6.07, 6.45) is 3.57. The molecule has 0 radical (unpaired) electrons. The van der Waals surface area contributed by atoms with E-state index in [1.54, 1.807) is 0 Å². The van der Waals surface area contributed by atoms with E-state index in [1.807, 2.05) is 0 Å². The zero-order valence-electron chi connectivity index (χ0n) is 9.40. The van der Waals surface area contributed by atoms with Crippen molar-refractivity contribution in [1.29, 1.82) is 0 Å². The Labute approximate surface area is 97.3 Å². The fourth-order valence-electron chi connectivity index (χ4n) is 2.12. The minimum atomic E-state index is -0.627. The summed E-state index contributed by atoms with van der Waals surface area (Å²) in [4.78, 5) is 24.2. The van der Waals surface area contributed by atoms with Crippen molar-refractivity contribution in [3.8, 4) is 0 Å². The Morgan fingerprint density at radius 3 is 2.82 bits per heavy atom. The van der Waals surface area contributed by atoms with Gasteiger partial charge in [0.1, 0.15) is 0 Å². The maximum absolute atomic E-state index is 11.3. The van der Waals surface area contributed by atoms with Gasteiger partial charge >= 0.3 is 5.69 Å². The molecule has 0 bridgehead atoms. The standard InChI is InChI=1S/C10H16N4O3/c15-7-4-2-1-3-6(7)5-11-8-9(16)12-10(17)14-13-8/h6-7,15H,1-5H2,(H,11,13)(H2,12,14,16,17). The Morgan fingerprint density at radius 2 is 2.12 bits per heavy atom. The number of hydrogen-bond donors (Lipinski definition) is 4. The lowest BCUT2D eigenvalue weighted by Gasteiger charge is -2.27. The minimum Gasteiger partial charge on any atom is -0.393 e. The topological polar surface area (TPSA) is 111 Å². The molecule has 2 atom stereocenters. The molecule has 0 aliphatic heterocycles. The minimum absolute atomic E-state index is 0.0855. The highest BCUT2D eigenvalue weighted by Crippen LogP contribution is 2.24. The Morgan fingerprint density at radius 1 is 1.35 bits per heavy atom. The zero-order chi connectivity index (χ0) is 12.3. The quantitative estimate of drug-likeness (QED) is 0.565. The van der Waals surface area contributed by atoms with Crippen LogP contribution in [-0.2, 0) is 0 Å². The van der Waals surface area contributed by atoms with Gasteiger partial charge in [-0.15, -0.1) is 5.10 Å². The molecule has 4 N–H and O–H groups in total. The van der Waals surface area contributed by atoms with E-state index in [0.29, 0.717) is 6.54 Å². The number of nitrogens with one attached hydrogen (secondary N) is 3. The van der Waals surface area contributed by atoms with Gasteiger partial charge in [-0.2, -0.15) is 0 Å². The second-order valence-electron chi connectivity index (χ2n) is 4.35. The Balaban J connectivity index is 1.97. The smallest absolute Gasteiger partial charge is 0.342 e. The summed E-state index contributed by atoms with van der Waals surface area (Å²) in [6.45, 7) is 0.489. The monoisotopic (exact) mass is 240 g/mol. The maximum atomic E-state index is 11.3. The number of rotatable bonds is 3. The molecule has 1 saturated carbocycles. The molecule has 7 heteroatoms. The van der Waals surface area contributed by atoms with E-state index in [0.717, 1.165) is 25.7 Å². The normalized spacial score (nSPS) is 24.5. The molecule has 0 spiro atoms. The lowest BCUT2D eigenvalue weighted by molar-refractivity contribution is 0.0762. The molecule has 2 rings (SSSR count). The summed E-state index contributed by atoms with van der Waals surface area (Å²) in [5.74, 6) is 0.222. The molecule has 2 unspecified atom stereocenters. The van der Waals surface area contributed by atoms with Crippen LogP contribution >= 0.6 is 0 Å². The highest BCUT2D eigenvalue weighted by atomic mass is 16.3. The van der Waals surface area contributed by atoms with Gasteiger partial charge in [0, 0.05) is 12.5 Å². The van der Waals surface area contributed by atoms with Crippen molar-refractivity contribution in [3.63, 3.8) is 0 Å². The molecule has 1 aliphatic rings. The number of anilines is 1. The Kier molecular flexibility index (Phi) is 3.58. The van der Waals surface area contributed by atoms with Crippen LogP contribution in [0.1, 0.15) is 25.7 Å². The molecule has 17 heavy (non-hydrogen) atoms. The van der Waals surface area contributed by atoms with Crippen LogP contribution in [0.4, 0.5) is 5.82 Å².